The molecule has 1 atom stereocenters. The summed E-state index contributed by atoms with van der Waals surface area (Å²) in [6.45, 7) is -0.194. The zero-order chi connectivity index (χ0) is 14.7. The van der Waals surface area contributed by atoms with Crippen LogP contribution in [0.5, 0.6) is 0 Å². The normalized spacial score (nSPS) is 19.3. The van der Waals surface area contributed by atoms with Crippen molar-refractivity contribution in [2.24, 2.45) is 5.73 Å². The third-order valence-electron chi connectivity index (χ3n) is 4.42. The summed E-state index contributed by atoms with van der Waals surface area (Å²) < 4.78 is 5.27. The topological polar surface area (TPSA) is 85.2 Å². The highest BCUT2D eigenvalue weighted by atomic mass is 16.5. The average molecular weight is 287 g/mol. The Labute approximate surface area is 124 Å². The molecule has 1 aliphatic carbocycles. The van der Waals surface area contributed by atoms with E-state index in [1.165, 1.54) is 12.0 Å². The van der Waals surface area contributed by atoms with E-state index in [2.05, 4.69) is 22.3 Å². The Morgan fingerprint density at radius 2 is 1.90 bits per heavy atom. The minimum absolute atomic E-state index is 0.184. The summed E-state index contributed by atoms with van der Waals surface area (Å²) in [5, 5.41) is 13.3. The second-order valence-electron chi connectivity index (χ2n) is 5.75. The van der Waals surface area contributed by atoms with Gasteiger partial charge in [-0.2, -0.15) is 4.98 Å². The van der Waals surface area contributed by atoms with Crippen molar-refractivity contribution in [3.8, 4) is 0 Å². The lowest BCUT2D eigenvalue weighted by atomic mass is 9.69. The largest absolute Gasteiger partial charge is 0.394 e. The molecule has 21 heavy (non-hydrogen) atoms. The first-order valence-electron chi connectivity index (χ1n) is 7.52. The fourth-order valence-corrected chi connectivity index (χ4v) is 3.21. The maximum Gasteiger partial charge on any atom is 0.245 e. The Balaban J connectivity index is 2.02. The van der Waals surface area contributed by atoms with Gasteiger partial charge in [0, 0.05) is 0 Å². The molecule has 1 heterocycles. The number of hydrogen-bond donors (Lipinski definition) is 2. The minimum atomic E-state index is -0.609. The van der Waals surface area contributed by atoms with Gasteiger partial charge in [-0.25, -0.2) is 0 Å². The van der Waals surface area contributed by atoms with Crippen LogP contribution in [0.15, 0.2) is 34.9 Å². The molecule has 5 heteroatoms. The number of nitrogens with two attached hydrogens (primary N) is 1. The van der Waals surface area contributed by atoms with Crippen molar-refractivity contribution in [2.75, 3.05) is 6.61 Å². The summed E-state index contributed by atoms with van der Waals surface area (Å²) in [5.41, 5.74) is 6.82. The third-order valence-corrected chi connectivity index (χ3v) is 4.42. The van der Waals surface area contributed by atoms with Crippen molar-refractivity contribution < 1.29 is 9.63 Å². The van der Waals surface area contributed by atoms with Crippen LogP contribution in [0.25, 0.3) is 0 Å². The van der Waals surface area contributed by atoms with Gasteiger partial charge >= 0.3 is 0 Å². The molecular formula is C16H21N3O2. The number of aromatic nitrogens is 2. The molecule has 0 amide bonds. The van der Waals surface area contributed by atoms with E-state index in [-0.39, 0.29) is 12.0 Å². The van der Waals surface area contributed by atoms with E-state index in [0.29, 0.717) is 11.7 Å². The second-order valence-corrected chi connectivity index (χ2v) is 5.75. The molecular weight excluding hydrogens is 266 g/mol. The van der Waals surface area contributed by atoms with E-state index < -0.39 is 6.04 Å². The van der Waals surface area contributed by atoms with Crippen LogP contribution in [0.1, 0.15) is 55.4 Å². The molecule has 3 rings (SSSR count). The van der Waals surface area contributed by atoms with Crippen molar-refractivity contribution in [1.82, 2.24) is 10.1 Å². The zero-order valence-corrected chi connectivity index (χ0v) is 12.0. The summed E-state index contributed by atoms with van der Waals surface area (Å²) in [5.74, 6) is 1.01. The lowest BCUT2D eigenvalue weighted by Gasteiger charge is -2.35. The molecule has 0 unspecified atom stereocenters. The van der Waals surface area contributed by atoms with Gasteiger partial charge in [0.1, 0.15) is 6.04 Å². The molecule has 0 bridgehead atoms. The molecule has 0 saturated heterocycles. The quantitative estimate of drug-likeness (QED) is 0.901. The number of aliphatic hydroxyl groups excluding tert-OH is 1. The van der Waals surface area contributed by atoms with Gasteiger partial charge in [0.2, 0.25) is 5.89 Å². The van der Waals surface area contributed by atoms with Crippen LogP contribution in [-0.4, -0.2) is 21.9 Å². The minimum Gasteiger partial charge on any atom is -0.394 e. The van der Waals surface area contributed by atoms with Crippen molar-refractivity contribution in [3.63, 3.8) is 0 Å². The Kier molecular flexibility index (Phi) is 4.03. The van der Waals surface area contributed by atoms with Crippen molar-refractivity contribution in [1.29, 1.82) is 0 Å². The first kappa shape index (κ1) is 14.2. The number of benzene rings is 1. The number of aliphatic hydroxyl groups is 1. The van der Waals surface area contributed by atoms with Crippen LogP contribution in [0, 0.1) is 0 Å². The predicted molar refractivity (Wildman–Crippen MR) is 78.6 cm³/mol. The van der Waals surface area contributed by atoms with Gasteiger partial charge < -0.3 is 15.4 Å². The fraction of sp³-hybridized carbons (Fsp3) is 0.500. The summed E-state index contributed by atoms with van der Waals surface area (Å²) in [4.78, 5) is 4.49. The van der Waals surface area contributed by atoms with Crippen LogP contribution < -0.4 is 5.73 Å². The van der Waals surface area contributed by atoms with Gasteiger partial charge in [0.05, 0.1) is 12.0 Å². The average Bonchev–Trinajstić information content (AvgIpc) is 3.06. The monoisotopic (exact) mass is 287 g/mol. The first-order chi connectivity index (χ1) is 10.3. The van der Waals surface area contributed by atoms with Gasteiger partial charge in [-0.1, -0.05) is 54.8 Å². The van der Waals surface area contributed by atoms with Crippen LogP contribution in [0.2, 0.25) is 0 Å². The Hall–Kier alpha value is -1.72. The molecule has 1 fully saturated rings. The molecule has 1 aromatic carbocycles. The molecule has 112 valence electrons. The van der Waals surface area contributed by atoms with Crippen LogP contribution in [0.3, 0.4) is 0 Å². The molecule has 0 spiro atoms. The molecule has 3 N–H and O–H groups in total. The highest BCUT2D eigenvalue weighted by molar-refractivity contribution is 5.33. The SMILES string of the molecule is N[C@H](CO)c1nc(C2(c3ccccc3)CCCCC2)no1. The molecule has 0 aliphatic heterocycles. The smallest absolute Gasteiger partial charge is 0.245 e. The van der Waals surface area contributed by atoms with E-state index in [4.69, 9.17) is 15.4 Å². The molecule has 1 aromatic heterocycles. The van der Waals surface area contributed by atoms with E-state index in [9.17, 15) is 0 Å². The Morgan fingerprint density at radius 1 is 1.19 bits per heavy atom. The first-order valence-corrected chi connectivity index (χ1v) is 7.52. The molecule has 5 nitrogen and oxygen atoms in total. The Morgan fingerprint density at radius 3 is 2.57 bits per heavy atom. The van der Waals surface area contributed by atoms with E-state index in [1.807, 2.05) is 18.2 Å². The number of hydrogen-bond acceptors (Lipinski definition) is 5. The maximum atomic E-state index is 9.14. The highest BCUT2D eigenvalue weighted by Crippen LogP contribution is 2.43. The number of nitrogens with zero attached hydrogens (tertiary/aromatic N) is 2. The van der Waals surface area contributed by atoms with Crippen LogP contribution in [-0.2, 0) is 5.41 Å². The lowest BCUT2D eigenvalue weighted by Crippen LogP contribution is -2.32. The predicted octanol–water partition coefficient (Wildman–Crippen LogP) is 2.31. The summed E-state index contributed by atoms with van der Waals surface area (Å²) >= 11 is 0. The lowest BCUT2D eigenvalue weighted by molar-refractivity contribution is 0.235. The fourth-order valence-electron chi connectivity index (χ4n) is 3.21. The van der Waals surface area contributed by atoms with Gasteiger partial charge in [-0.3, -0.25) is 0 Å². The second kappa shape index (κ2) is 5.95. The molecule has 2 aromatic rings. The molecule has 1 saturated carbocycles. The Bertz CT molecular complexity index is 576. The maximum absolute atomic E-state index is 9.14. The summed E-state index contributed by atoms with van der Waals surface area (Å²) in [6, 6.07) is 9.77. The van der Waals surface area contributed by atoms with Crippen LogP contribution >= 0.6 is 0 Å². The van der Waals surface area contributed by atoms with E-state index >= 15 is 0 Å². The number of rotatable bonds is 4. The van der Waals surface area contributed by atoms with E-state index in [0.717, 1.165) is 25.7 Å². The van der Waals surface area contributed by atoms with Crippen LogP contribution in [0.4, 0.5) is 0 Å². The third kappa shape index (κ3) is 2.59. The van der Waals surface area contributed by atoms with Crippen molar-refractivity contribution >= 4 is 0 Å². The van der Waals surface area contributed by atoms with Gasteiger partial charge in [-0.15, -0.1) is 0 Å². The summed E-state index contributed by atoms with van der Waals surface area (Å²) in [6.07, 6.45) is 5.60. The highest BCUT2D eigenvalue weighted by Gasteiger charge is 2.40. The zero-order valence-electron chi connectivity index (χ0n) is 12.0. The van der Waals surface area contributed by atoms with Crippen molar-refractivity contribution in [2.45, 2.75) is 43.6 Å². The standard InChI is InChI=1S/C16H21N3O2/c17-13(11-20)14-18-15(19-21-14)16(9-5-2-6-10-16)12-7-3-1-4-8-12/h1,3-4,7-8,13,20H,2,5-6,9-11,17H2/t13-/m1/s1. The van der Waals surface area contributed by atoms with E-state index in [1.54, 1.807) is 0 Å². The van der Waals surface area contributed by atoms with Crippen molar-refractivity contribution in [3.05, 3.63) is 47.6 Å². The summed E-state index contributed by atoms with van der Waals surface area (Å²) in [7, 11) is 0. The van der Waals surface area contributed by atoms with Gasteiger partial charge in [0.25, 0.3) is 0 Å². The van der Waals surface area contributed by atoms with Gasteiger partial charge in [-0.05, 0) is 18.4 Å². The molecule has 0 radical (unpaired) electrons. The van der Waals surface area contributed by atoms with Gasteiger partial charge in [0.15, 0.2) is 5.82 Å². The molecule has 1 aliphatic rings.